The molecule has 9 nitrogen and oxygen atoms in total. The van der Waals surface area contributed by atoms with E-state index in [0.29, 0.717) is 17.8 Å². The molecule has 2 atom stereocenters. The minimum atomic E-state index is -0.742. The van der Waals surface area contributed by atoms with E-state index in [9.17, 15) is 14.0 Å². The molecule has 1 aromatic heterocycles. The van der Waals surface area contributed by atoms with Crippen molar-refractivity contribution in [1.82, 2.24) is 15.6 Å². The maximum absolute atomic E-state index is 14.8. The second kappa shape index (κ2) is 9.93. The highest BCUT2D eigenvalue weighted by Crippen LogP contribution is 2.28. The first-order valence-corrected chi connectivity index (χ1v) is 11.8. The van der Waals surface area contributed by atoms with Crippen LogP contribution in [0.15, 0.2) is 48.7 Å². The molecule has 1 unspecified atom stereocenters. The van der Waals surface area contributed by atoms with Gasteiger partial charge in [0.05, 0.1) is 30.5 Å². The molecular weight excluding hydrogens is 451 g/mol. The van der Waals surface area contributed by atoms with E-state index in [-0.39, 0.29) is 24.8 Å². The standard InChI is InChI=1S/C25H29FN6O3/c26-20-12-17(5-6-23(20)31-9-7-28-8-10-31)32-15-18(35-25(32)34)14-30-24(33)21(27)11-16-13-29-22-4-2-1-3-19(16)22/h1-6,12-13,18,21,28-29H,7-11,14-15,27H2,(H,30,33)/t18-,21?/m1/s1. The number of nitrogens with two attached hydrogens (primary N) is 1. The van der Waals surface area contributed by atoms with Crippen molar-refractivity contribution in [3.8, 4) is 0 Å². The van der Waals surface area contributed by atoms with Gasteiger partial charge in [-0.15, -0.1) is 0 Å². The molecule has 0 spiro atoms. The molecule has 2 aromatic carbocycles. The number of hydrogen-bond donors (Lipinski definition) is 4. The van der Waals surface area contributed by atoms with Gasteiger partial charge in [0, 0.05) is 43.3 Å². The number of para-hydroxylation sites is 1. The minimum Gasteiger partial charge on any atom is -0.442 e. The maximum atomic E-state index is 14.8. The molecule has 2 amide bonds. The highest BCUT2D eigenvalue weighted by atomic mass is 19.1. The number of fused-ring (bicyclic) bond motifs is 1. The van der Waals surface area contributed by atoms with E-state index in [1.807, 2.05) is 35.4 Å². The molecular formula is C25H29FN6O3. The summed E-state index contributed by atoms with van der Waals surface area (Å²) in [4.78, 5) is 31.5. The van der Waals surface area contributed by atoms with Crippen LogP contribution in [0.2, 0.25) is 0 Å². The van der Waals surface area contributed by atoms with E-state index in [2.05, 4.69) is 15.6 Å². The SMILES string of the molecule is NC(Cc1c[nH]c2ccccc12)C(=O)NC[C@@H]1CN(c2ccc(N3CCNCC3)c(F)c2)C(=O)O1. The number of cyclic esters (lactones) is 1. The van der Waals surface area contributed by atoms with Crippen molar-refractivity contribution in [2.75, 3.05) is 49.1 Å². The molecule has 2 aliphatic rings. The molecule has 0 aliphatic carbocycles. The number of carbonyl (C=O) groups excluding carboxylic acids is 2. The van der Waals surface area contributed by atoms with Crippen LogP contribution in [0.5, 0.6) is 0 Å². The summed E-state index contributed by atoms with van der Waals surface area (Å²) < 4.78 is 20.2. The van der Waals surface area contributed by atoms with Crippen molar-refractivity contribution < 1.29 is 18.7 Å². The number of nitrogens with zero attached hydrogens (tertiary/aromatic N) is 2. The zero-order chi connectivity index (χ0) is 24.4. The van der Waals surface area contributed by atoms with Gasteiger partial charge in [-0.2, -0.15) is 0 Å². The fourth-order valence-electron chi connectivity index (χ4n) is 4.64. The zero-order valence-electron chi connectivity index (χ0n) is 19.3. The number of ether oxygens (including phenoxy) is 1. The molecule has 35 heavy (non-hydrogen) atoms. The van der Waals surface area contributed by atoms with Crippen molar-refractivity contribution in [3.05, 3.63) is 60.0 Å². The Morgan fingerprint density at radius 3 is 2.83 bits per heavy atom. The molecule has 0 saturated carbocycles. The van der Waals surface area contributed by atoms with Crippen LogP contribution in [-0.2, 0) is 16.0 Å². The van der Waals surface area contributed by atoms with Crippen LogP contribution in [0.4, 0.5) is 20.6 Å². The molecule has 184 valence electrons. The first-order valence-electron chi connectivity index (χ1n) is 11.8. The van der Waals surface area contributed by atoms with Gasteiger partial charge in [0.15, 0.2) is 0 Å². The third-order valence-corrected chi connectivity index (χ3v) is 6.53. The number of benzene rings is 2. The van der Waals surface area contributed by atoms with E-state index < -0.39 is 18.2 Å². The highest BCUT2D eigenvalue weighted by molar-refractivity contribution is 5.90. The van der Waals surface area contributed by atoms with Gasteiger partial charge in [-0.25, -0.2) is 9.18 Å². The predicted octanol–water partition coefficient (Wildman–Crippen LogP) is 1.73. The second-order valence-corrected chi connectivity index (χ2v) is 8.90. The highest BCUT2D eigenvalue weighted by Gasteiger charge is 2.33. The Hall–Kier alpha value is -3.63. The Labute approximate surface area is 202 Å². The van der Waals surface area contributed by atoms with E-state index in [0.717, 1.165) is 42.6 Å². The molecule has 3 aromatic rings. The number of carbonyl (C=O) groups is 2. The quantitative estimate of drug-likeness (QED) is 0.409. The van der Waals surface area contributed by atoms with Crippen LogP contribution in [0.3, 0.4) is 0 Å². The molecule has 2 saturated heterocycles. The Morgan fingerprint density at radius 2 is 2.03 bits per heavy atom. The number of aromatic amines is 1. The van der Waals surface area contributed by atoms with Gasteiger partial charge in [0.1, 0.15) is 11.9 Å². The van der Waals surface area contributed by atoms with Crippen LogP contribution in [0, 0.1) is 5.82 Å². The van der Waals surface area contributed by atoms with Crippen LogP contribution in [-0.4, -0.2) is 68.4 Å². The molecule has 5 N–H and O–H groups in total. The Balaban J connectivity index is 1.15. The molecule has 5 rings (SSSR count). The van der Waals surface area contributed by atoms with Crippen molar-refractivity contribution >= 4 is 34.3 Å². The molecule has 0 radical (unpaired) electrons. The first-order chi connectivity index (χ1) is 17.0. The summed E-state index contributed by atoms with van der Waals surface area (Å²) in [7, 11) is 0. The number of H-pyrrole nitrogens is 1. The van der Waals surface area contributed by atoms with Crippen molar-refractivity contribution in [1.29, 1.82) is 0 Å². The second-order valence-electron chi connectivity index (χ2n) is 8.90. The Kier molecular flexibility index (Phi) is 6.56. The van der Waals surface area contributed by atoms with Crippen molar-refractivity contribution in [3.63, 3.8) is 0 Å². The third kappa shape index (κ3) is 4.94. The number of hydrogen-bond acceptors (Lipinski definition) is 6. The monoisotopic (exact) mass is 480 g/mol. The predicted molar refractivity (Wildman–Crippen MR) is 132 cm³/mol. The number of aromatic nitrogens is 1. The molecule has 2 aliphatic heterocycles. The van der Waals surface area contributed by atoms with Crippen LogP contribution < -0.4 is 26.2 Å². The number of piperazine rings is 1. The van der Waals surface area contributed by atoms with Crippen LogP contribution in [0.25, 0.3) is 10.9 Å². The van der Waals surface area contributed by atoms with E-state index in [1.165, 1.54) is 11.0 Å². The summed E-state index contributed by atoms with van der Waals surface area (Å²) in [5.41, 5.74) is 9.04. The number of halogens is 1. The van der Waals surface area contributed by atoms with Crippen LogP contribution in [0.1, 0.15) is 5.56 Å². The largest absolute Gasteiger partial charge is 0.442 e. The summed E-state index contributed by atoms with van der Waals surface area (Å²) in [6.45, 7) is 3.41. The maximum Gasteiger partial charge on any atom is 0.414 e. The summed E-state index contributed by atoms with van der Waals surface area (Å²) in [5, 5.41) is 7.05. The number of amides is 2. The lowest BCUT2D eigenvalue weighted by Gasteiger charge is -2.30. The summed E-state index contributed by atoms with van der Waals surface area (Å²) >= 11 is 0. The molecule has 10 heteroatoms. The summed E-state index contributed by atoms with van der Waals surface area (Å²) in [6.07, 6.45) is 1.12. The number of rotatable bonds is 7. The number of anilines is 2. The average molecular weight is 481 g/mol. The van der Waals surface area contributed by atoms with Gasteiger partial charge >= 0.3 is 6.09 Å². The molecule has 3 heterocycles. The summed E-state index contributed by atoms with van der Waals surface area (Å²) in [6, 6.07) is 11.9. The molecule has 0 bridgehead atoms. The van der Waals surface area contributed by atoms with E-state index in [4.69, 9.17) is 10.5 Å². The Morgan fingerprint density at radius 1 is 1.23 bits per heavy atom. The number of nitrogens with one attached hydrogen (secondary N) is 3. The topological polar surface area (TPSA) is 116 Å². The van der Waals surface area contributed by atoms with E-state index >= 15 is 0 Å². The third-order valence-electron chi connectivity index (χ3n) is 6.53. The van der Waals surface area contributed by atoms with Crippen molar-refractivity contribution in [2.24, 2.45) is 5.73 Å². The van der Waals surface area contributed by atoms with E-state index in [1.54, 1.807) is 12.1 Å². The fourth-order valence-corrected chi connectivity index (χ4v) is 4.64. The van der Waals surface area contributed by atoms with Gasteiger partial charge in [0.25, 0.3) is 0 Å². The normalized spacial score (nSPS) is 19.1. The first kappa shape index (κ1) is 23.1. The summed E-state index contributed by atoms with van der Waals surface area (Å²) in [5.74, 6) is -0.701. The smallest absolute Gasteiger partial charge is 0.414 e. The van der Waals surface area contributed by atoms with Crippen LogP contribution >= 0.6 is 0 Å². The van der Waals surface area contributed by atoms with Gasteiger partial charge in [-0.05, 0) is 36.2 Å². The lowest BCUT2D eigenvalue weighted by Crippen LogP contribution is -2.45. The Bertz CT molecular complexity index is 1220. The lowest BCUT2D eigenvalue weighted by atomic mass is 10.1. The van der Waals surface area contributed by atoms with Crippen molar-refractivity contribution in [2.45, 2.75) is 18.6 Å². The minimum absolute atomic E-state index is 0.129. The average Bonchev–Trinajstić information content (AvgIpc) is 3.46. The van der Waals surface area contributed by atoms with Gasteiger partial charge in [-0.3, -0.25) is 9.69 Å². The van der Waals surface area contributed by atoms with Gasteiger partial charge in [0.2, 0.25) is 5.91 Å². The fraction of sp³-hybridized carbons (Fsp3) is 0.360. The molecule has 2 fully saturated rings. The van der Waals surface area contributed by atoms with Gasteiger partial charge in [-0.1, -0.05) is 18.2 Å². The lowest BCUT2D eigenvalue weighted by molar-refractivity contribution is -0.122. The zero-order valence-corrected chi connectivity index (χ0v) is 19.3. The van der Waals surface area contributed by atoms with Gasteiger partial charge < -0.3 is 31.0 Å².